The topological polar surface area (TPSA) is 31.4 Å². The maximum absolute atomic E-state index is 6.26. The first-order chi connectivity index (χ1) is 10.0. The van der Waals surface area contributed by atoms with E-state index in [1.165, 1.54) is 0 Å². The molecule has 1 aliphatic heterocycles. The maximum atomic E-state index is 6.26. The summed E-state index contributed by atoms with van der Waals surface area (Å²) in [5, 5.41) is 4.13. The molecule has 1 aromatic rings. The molecule has 0 aliphatic carbocycles. The Bertz CT molecular complexity index is 464. The lowest BCUT2D eigenvalue weighted by Crippen LogP contribution is -2.52. The largest absolute Gasteiger partial charge is 0.354 e. The molecule has 1 fully saturated rings. The predicted octanol–water partition coefficient (Wildman–Crippen LogP) is 2.76. The lowest BCUT2D eigenvalue weighted by atomic mass is 10.2. The van der Waals surface area contributed by atoms with Gasteiger partial charge in [-0.3, -0.25) is 4.90 Å². The minimum Gasteiger partial charge on any atom is -0.354 e. The van der Waals surface area contributed by atoms with Gasteiger partial charge in [0.25, 0.3) is 0 Å². The summed E-state index contributed by atoms with van der Waals surface area (Å²) in [6.07, 6.45) is 0. The fourth-order valence-corrected chi connectivity index (χ4v) is 2.92. The third-order valence-electron chi connectivity index (χ3n) is 4.08. The molecule has 1 N–H and O–H groups in total. The second kappa shape index (κ2) is 7.43. The van der Waals surface area contributed by atoms with E-state index in [2.05, 4.69) is 42.8 Å². The third kappa shape index (κ3) is 4.31. The van der Waals surface area contributed by atoms with Crippen molar-refractivity contribution in [2.75, 3.05) is 31.1 Å². The van der Waals surface area contributed by atoms with Crippen molar-refractivity contribution >= 4 is 17.4 Å². The minimum atomic E-state index is 0.430. The van der Waals surface area contributed by atoms with Crippen LogP contribution in [0.3, 0.4) is 0 Å². The van der Waals surface area contributed by atoms with Crippen molar-refractivity contribution in [3.8, 4) is 0 Å². The van der Waals surface area contributed by atoms with Gasteiger partial charge in [-0.15, -0.1) is 0 Å². The third-order valence-corrected chi connectivity index (χ3v) is 4.42. The van der Waals surface area contributed by atoms with Crippen LogP contribution in [0.5, 0.6) is 0 Å². The monoisotopic (exact) mass is 310 g/mol. The fraction of sp³-hybridized carbons (Fsp3) is 0.688. The van der Waals surface area contributed by atoms with Crippen molar-refractivity contribution in [3.63, 3.8) is 0 Å². The summed E-state index contributed by atoms with van der Waals surface area (Å²) in [5.41, 5.74) is 0.938. The summed E-state index contributed by atoms with van der Waals surface area (Å²) >= 11 is 6.26. The van der Waals surface area contributed by atoms with Crippen molar-refractivity contribution in [1.29, 1.82) is 0 Å². The highest BCUT2D eigenvalue weighted by Gasteiger charge is 2.23. The maximum Gasteiger partial charge on any atom is 0.129 e. The van der Waals surface area contributed by atoms with Crippen LogP contribution in [0.2, 0.25) is 5.02 Å². The van der Waals surface area contributed by atoms with E-state index >= 15 is 0 Å². The summed E-state index contributed by atoms with van der Waals surface area (Å²) in [7, 11) is 0. The highest BCUT2D eigenvalue weighted by Crippen LogP contribution is 2.22. The number of nitrogens with zero attached hydrogens (tertiary/aromatic N) is 3. The van der Waals surface area contributed by atoms with Gasteiger partial charge in [0, 0.05) is 38.3 Å². The Labute approximate surface area is 133 Å². The first-order valence-corrected chi connectivity index (χ1v) is 8.26. The smallest absolute Gasteiger partial charge is 0.129 e. The van der Waals surface area contributed by atoms with Gasteiger partial charge >= 0.3 is 0 Å². The molecule has 0 bridgehead atoms. The highest BCUT2D eigenvalue weighted by molar-refractivity contribution is 6.31. The summed E-state index contributed by atoms with van der Waals surface area (Å²) in [5.74, 6) is 1.04. The molecule has 0 saturated carbocycles. The van der Waals surface area contributed by atoms with Gasteiger partial charge in [-0.2, -0.15) is 0 Å². The number of halogens is 1. The molecule has 1 saturated heterocycles. The molecule has 0 aromatic carbocycles. The van der Waals surface area contributed by atoms with Crippen LogP contribution in [0.1, 0.15) is 33.4 Å². The van der Waals surface area contributed by atoms with Gasteiger partial charge in [0.1, 0.15) is 5.82 Å². The van der Waals surface area contributed by atoms with E-state index in [4.69, 9.17) is 16.6 Å². The highest BCUT2D eigenvalue weighted by atomic mass is 35.5. The van der Waals surface area contributed by atoms with Gasteiger partial charge < -0.3 is 10.2 Å². The van der Waals surface area contributed by atoms with Crippen molar-refractivity contribution < 1.29 is 0 Å². The zero-order chi connectivity index (χ0) is 15.4. The van der Waals surface area contributed by atoms with Crippen LogP contribution in [0, 0.1) is 0 Å². The van der Waals surface area contributed by atoms with Gasteiger partial charge in [0.05, 0.1) is 10.7 Å². The molecule has 1 aliphatic rings. The van der Waals surface area contributed by atoms with Gasteiger partial charge in [-0.05, 0) is 25.6 Å². The molecule has 1 aromatic heterocycles. The summed E-state index contributed by atoms with van der Waals surface area (Å²) < 4.78 is 0. The van der Waals surface area contributed by atoms with Crippen molar-refractivity contribution in [3.05, 3.63) is 22.8 Å². The van der Waals surface area contributed by atoms with Crippen LogP contribution in [0.4, 0.5) is 5.82 Å². The van der Waals surface area contributed by atoms with E-state index in [9.17, 15) is 0 Å². The molecule has 118 valence electrons. The zero-order valence-corrected chi connectivity index (χ0v) is 14.3. The second-order valence-corrected chi connectivity index (χ2v) is 6.46. The van der Waals surface area contributed by atoms with E-state index in [1.54, 1.807) is 0 Å². The standard InChI is InChI=1S/C16H27ClN4/c1-5-20-8-9-21(11-13(20)4)16-7-6-14(17)15(19-16)10-18-12(2)3/h6-7,12-13,18H,5,8-11H2,1-4H3. The van der Waals surface area contributed by atoms with Gasteiger partial charge in [0.15, 0.2) is 0 Å². The Kier molecular flexibility index (Phi) is 5.85. The predicted molar refractivity (Wildman–Crippen MR) is 90.1 cm³/mol. The van der Waals surface area contributed by atoms with E-state index in [1.807, 2.05) is 12.1 Å². The number of nitrogens with one attached hydrogen (secondary N) is 1. The molecular weight excluding hydrogens is 284 g/mol. The van der Waals surface area contributed by atoms with Crippen molar-refractivity contribution in [1.82, 2.24) is 15.2 Å². The number of hydrogen-bond donors (Lipinski definition) is 1. The van der Waals surface area contributed by atoms with Crippen LogP contribution >= 0.6 is 11.6 Å². The molecule has 2 rings (SSSR count). The zero-order valence-electron chi connectivity index (χ0n) is 13.6. The first kappa shape index (κ1) is 16.5. The lowest BCUT2D eigenvalue weighted by molar-refractivity contribution is 0.199. The molecule has 5 heteroatoms. The number of aromatic nitrogens is 1. The average Bonchev–Trinajstić information content (AvgIpc) is 2.46. The number of anilines is 1. The lowest BCUT2D eigenvalue weighted by Gasteiger charge is -2.40. The minimum absolute atomic E-state index is 0.430. The number of hydrogen-bond acceptors (Lipinski definition) is 4. The van der Waals surface area contributed by atoms with Crippen LogP contribution in [0.25, 0.3) is 0 Å². The first-order valence-electron chi connectivity index (χ1n) is 7.89. The van der Waals surface area contributed by atoms with Crippen LogP contribution in [-0.4, -0.2) is 48.1 Å². The summed E-state index contributed by atoms with van der Waals surface area (Å²) in [6, 6.07) is 5.01. The quantitative estimate of drug-likeness (QED) is 0.906. The normalized spacial score (nSPS) is 20.3. The molecular formula is C16H27ClN4. The Balaban J connectivity index is 2.08. The van der Waals surface area contributed by atoms with Crippen LogP contribution in [-0.2, 0) is 6.54 Å². The molecule has 1 atom stereocenters. The molecule has 2 heterocycles. The molecule has 0 spiro atoms. The van der Waals surface area contributed by atoms with E-state index in [0.717, 1.165) is 49.3 Å². The van der Waals surface area contributed by atoms with Crippen LogP contribution in [0.15, 0.2) is 12.1 Å². The molecule has 0 amide bonds. The Morgan fingerprint density at radius 3 is 2.76 bits per heavy atom. The van der Waals surface area contributed by atoms with Crippen LogP contribution < -0.4 is 10.2 Å². The Morgan fingerprint density at radius 1 is 1.38 bits per heavy atom. The molecule has 1 unspecified atom stereocenters. The van der Waals surface area contributed by atoms with Gasteiger partial charge in [0.2, 0.25) is 0 Å². The number of piperazine rings is 1. The van der Waals surface area contributed by atoms with E-state index < -0.39 is 0 Å². The molecule has 21 heavy (non-hydrogen) atoms. The molecule has 4 nitrogen and oxygen atoms in total. The summed E-state index contributed by atoms with van der Waals surface area (Å²) in [4.78, 5) is 9.64. The second-order valence-electron chi connectivity index (χ2n) is 6.06. The Hall–Kier alpha value is -0.840. The number of likely N-dealkylation sites (N-methyl/N-ethyl adjacent to an activating group) is 1. The number of rotatable bonds is 5. The van der Waals surface area contributed by atoms with Crippen molar-refractivity contribution in [2.45, 2.75) is 46.3 Å². The Morgan fingerprint density at radius 2 is 2.14 bits per heavy atom. The fourth-order valence-electron chi connectivity index (χ4n) is 2.75. The van der Waals surface area contributed by atoms with E-state index in [-0.39, 0.29) is 0 Å². The van der Waals surface area contributed by atoms with Gasteiger partial charge in [-0.1, -0.05) is 32.4 Å². The number of pyridine rings is 1. The van der Waals surface area contributed by atoms with Crippen molar-refractivity contribution in [2.24, 2.45) is 0 Å². The molecule has 0 radical (unpaired) electrons. The van der Waals surface area contributed by atoms with E-state index in [0.29, 0.717) is 12.1 Å². The van der Waals surface area contributed by atoms with Gasteiger partial charge in [-0.25, -0.2) is 4.98 Å². The summed E-state index contributed by atoms with van der Waals surface area (Å²) in [6.45, 7) is 13.8. The SMILES string of the molecule is CCN1CCN(c2ccc(Cl)c(CNC(C)C)n2)CC1C. The average molecular weight is 311 g/mol.